The number of carbonyl (C=O) groups excluding carboxylic acids is 2. The maximum absolute atomic E-state index is 12.4. The largest absolute Gasteiger partial charge is 0.456 e. The maximum Gasteiger partial charge on any atom is 0.306 e. The molecule has 2 rings (SSSR count). The third-order valence-corrected chi connectivity index (χ3v) is 5.70. The number of esters is 1. The van der Waals surface area contributed by atoms with Crippen molar-refractivity contribution in [3.63, 3.8) is 0 Å². The van der Waals surface area contributed by atoms with Gasteiger partial charge >= 0.3 is 5.97 Å². The van der Waals surface area contributed by atoms with Crippen molar-refractivity contribution in [3.05, 3.63) is 35.9 Å². The molecule has 33 heavy (non-hydrogen) atoms. The second-order valence-electron chi connectivity index (χ2n) is 8.72. The summed E-state index contributed by atoms with van der Waals surface area (Å²) in [4.78, 5) is 24.3. The summed E-state index contributed by atoms with van der Waals surface area (Å²) < 4.78 is 17.0. The van der Waals surface area contributed by atoms with Crippen LogP contribution in [0.25, 0.3) is 0 Å². The Morgan fingerprint density at radius 3 is 2.58 bits per heavy atom. The summed E-state index contributed by atoms with van der Waals surface area (Å²) in [5.41, 5.74) is 0.843. The lowest BCUT2D eigenvalue weighted by atomic mass is 10.0. The van der Waals surface area contributed by atoms with Crippen LogP contribution < -0.4 is 5.32 Å². The maximum atomic E-state index is 12.4. The molecule has 8 nitrogen and oxygen atoms in total. The van der Waals surface area contributed by atoms with Crippen LogP contribution in [0.1, 0.15) is 77.4 Å². The minimum Gasteiger partial charge on any atom is -0.456 e. The highest BCUT2D eigenvalue weighted by Gasteiger charge is 2.35. The van der Waals surface area contributed by atoms with Gasteiger partial charge in [0.15, 0.2) is 6.29 Å². The number of aliphatic hydroxyl groups excluding tert-OH is 2. The summed E-state index contributed by atoms with van der Waals surface area (Å²) in [5.74, 6) is -0.365. The molecule has 1 fully saturated rings. The Labute approximate surface area is 196 Å². The third-order valence-electron chi connectivity index (χ3n) is 5.70. The van der Waals surface area contributed by atoms with Crippen LogP contribution in [0.15, 0.2) is 30.3 Å². The summed E-state index contributed by atoms with van der Waals surface area (Å²) in [6.07, 6.45) is 0.417. The number of aliphatic hydroxyl groups is 2. The summed E-state index contributed by atoms with van der Waals surface area (Å²) >= 11 is 0. The Kier molecular flexibility index (Phi) is 11.8. The van der Waals surface area contributed by atoms with E-state index in [9.17, 15) is 19.8 Å². The molecular formula is C25H39NO7. The van der Waals surface area contributed by atoms with Crippen LogP contribution >= 0.6 is 0 Å². The second kappa shape index (κ2) is 14.3. The van der Waals surface area contributed by atoms with Crippen LogP contribution in [-0.2, 0) is 23.8 Å². The molecule has 0 radical (unpaired) electrons. The molecule has 1 aliphatic heterocycles. The van der Waals surface area contributed by atoms with Gasteiger partial charge in [-0.05, 0) is 38.7 Å². The molecule has 6 atom stereocenters. The van der Waals surface area contributed by atoms with E-state index >= 15 is 0 Å². The topological polar surface area (TPSA) is 114 Å². The van der Waals surface area contributed by atoms with E-state index in [4.69, 9.17) is 14.2 Å². The SMILES string of the molecule is CCCC(=O)NC[C@H](OC(=O)CCCC[C@@H](C)O[C@@H]1OC(C)[C@H](O)CC1O)c1ccccc1. The van der Waals surface area contributed by atoms with E-state index in [-0.39, 0.29) is 43.5 Å². The van der Waals surface area contributed by atoms with Gasteiger partial charge in [0.25, 0.3) is 0 Å². The molecule has 0 bridgehead atoms. The molecule has 8 heteroatoms. The fraction of sp³-hybridized carbons (Fsp3) is 0.680. The van der Waals surface area contributed by atoms with Gasteiger partial charge in [-0.3, -0.25) is 9.59 Å². The number of hydrogen-bond donors (Lipinski definition) is 3. The van der Waals surface area contributed by atoms with Crippen LogP contribution in [0, 0.1) is 0 Å². The van der Waals surface area contributed by atoms with Crippen molar-refractivity contribution in [2.75, 3.05) is 6.54 Å². The van der Waals surface area contributed by atoms with E-state index in [0.717, 1.165) is 18.4 Å². The van der Waals surface area contributed by atoms with Gasteiger partial charge in [0, 0.05) is 19.3 Å². The third kappa shape index (κ3) is 9.80. The molecule has 1 amide bonds. The van der Waals surface area contributed by atoms with E-state index in [2.05, 4.69) is 5.32 Å². The molecule has 2 unspecified atom stereocenters. The predicted molar refractivity (Wildman–Crippen MR) is 123 cm³/mol. The quantitative estimate of drug-likeness (QED) is 0.303. The normalized spacial score (nSPS) is 24.6. The van der Waals surface area contributed by atoms with Gasteiger partial charge in [0.1, 0.15) is 12.2 Å². The average Bonchev–Trinajstić information content (AvgIpc) is 2.78. The smallest absolute Gasteiger partial charge is 0.306 e. The monoisotopic (exact) mass is 465 g/mol. The van der Waals surface area contributed by atoms with Crippen molar-refractivity contribution in [1.82, 2.24) is 5.32 Å². The van der Waals surface area contributed by atoms with Gasteiger partial charge in [-0.25, -0.2) is 0 Å². The zero-order chi connectivity index (χ0) is 24.2. The number of benzene rings is 1. The molecule has 1 heterocycles. The van der Waals surface area contributed by atoms with Gasteiger partial charge in [-0.2, -0.15) is 0 Å². The standard InChI is InChI=1S/C25H39NO7/c1-4-10-23(29)26-16-22(19-12-6-5-7-13-19)33-24(30)14-9-8-11-17(2)31-25-21(28)15-20(27)18(3)32-25/h5-7,12-13,17-18,20-22,25,27-28H,4,8-11,14-16H2,1-3H3,(H,26,29)/t17-,18?,20-,21?,22+,25-/m1/s1. The van der Waals surface area contributed by atoms with E-state index in [0.29, 0.717) is 19.3 Å². The number of unbranched alkanes of at least 4 members (excludes halogenated alkanes) is 1. The van der Waals surface area contributed by atoms with Crippen molar-refractivity contribution >= 4 is 11.9 Å². The van der Waals surface area contributed by atoms with Crippen LogP contribution in [0.2, 0.25) is 0 Å². The number of rotatable bonds is 13. The lowest BCUT2D eigenvalue weighted by Crippen LogP contribution is -2.48. The minimum absolute atomic E-state index is 0.0561. The second-order valence-corrected chi connectivity index (χ2v) is 8.72. The zero-order valence-corrected chi connectivity index (χ0v) is 19.9. The lowest BCUT2D eigenvalue weighted by molar-refractivity contribution is -0.273. The Bertz CT molecular complexity index is 714. The van der Waals surface area contributed by atoms with Crippen LogP contribution in [0.5, 0.6) is 0 Å². The van der Waals surface area contributed by atoms with Crippen molar-refractivity contribution in [2.24, 2.45) is 0 Å². The van der Waals surface area contributed by atoms with E-state index in [1.807, 2.05) is 44.2 Å². The Morgan fingerprint density at radius 2 is 1.88 bits per heavy atom. The van der Waals surface area contributed by atoms with Gasteiger partial charge in [-0.15, -0.1) is 0 Å². The molecular weight excluding hydrogens is 426 g/mol. The van der Waals surface area contributed by atoms with Crippen molar-refractivity contribution in [2.45, 2.75) is 103 Å². The highest BCUT2D eigenvalue weighted by atomic mass is 16.7. The van der Waals surface area contributed by atoms with Crippen molar-refractivity contribution < 1.29 is 34.0 Å². The number of carbonyl (C=O) groups is 2. The molecule has 0 spiro atoms. The molecule has 0 aromatic heterocycles. The molecule has 1 aromatic rings. The Balaban J connectivity index is 1.72. The van der Waals surface area contributed by atoms with Crippen LogP contribution in [-0.4, -0.2) is 59.3 Å². The highest BCUT2D eigenvalue weighted by molar-refractivity contribution is 5.76. The first-order valence-corrected chi connectivity index (χ1v) is 12.0. The summed E-state index contributed by atoms with van der Waals surface area (Å²) in [6, 6.07) is 9.40. The van der Waals surface area contributed by atoms with Crippen molar-refractivity contribution in [3.8, 4) is 0 Å². The Hall–Kier alpha value is -2.00. The number of ether oxygens (including phenoxy) is 3. The molecule has 1 aromatic carbocycles. The van der Waals surface area contributed by atoms with Crippen molar-refractivity contribution in [1.29, 1.82) is 0 Å². The number of hydrogen-bond acceptors (Lipinski definition) is 7. The van der Waals surface area contributed by atoms with Crippen LogP contribution in [0.4, 0.5) is 0 Å². The predicted octanol–water partition coefficient (Wildman–Crippen LogP) is 3.01. The zero-order valence-electron chi connectivity index (χ0n) is 19.9. The lowest BCUT2D eigenvalue weighted by Gasteiger charge is -2.36. The van der Waals surface area contributed by atoms with E-state index in [1.165, 1.54) is 0 Å². The van der Waals surface area contributed by atoms with Gasteiger partial charge in [0.05, 0.1) is 24.9 Å². The van der Waals surface area contributed by atoms with E-state index < -0.39 is 24.6 Å². The summed E-state index contributed by atoms with van der Waals surface area (Å²) in [7, 11) is 0. The fourth-order valence-electron chi connectivity index (χ4n) is 3.70. The first-order valence-electron chi connectivity index (χ1n) is 12.0. The summed E-state index contributed by atoms with van der Waals surface area (Å²) in [6.45, 7) is 5.83. The minimum atomic E-state index is -0.860. The molecule has 0 saturated carbocycles. The van der Waals surface area contributed by atoms with Gasteiger partial charge in [0.2, 0.25) is 5.91 Å². The Morgan fingerprint density at radius 1 is 1.15 bits per heavy atom. The molecule has 0 aliphatic carbocycles. The number of nitrogens with one attached hydrogen (secondary N) is 1. The molecule has 1 saturated heterocycles. The van der Waals surface area contributed by atoms with Gasteiger partial charge in [-0.1, -0.05) is 43.7 Å². The number of amides is 1. The average molecular weight is 466 g/mol. The first-order chi connectivity index (χ1) is 15.8. The summed E-state index contributed by atoms with van der Waals surface area (Å²) in [5, 5.41) is 22.6. The van der Waals surface area contributed by atoms with Crippen LogP contribution in [0.3, 0.4) is 0 Å². The van der Waals surface area contributed by atoms with E-state index in [1.54, 1.807) is 6.92 Å². The molecule has 186 valence electrons. The fourth-order valence-corrected chi connectivity index (χ4v) is 3.70. The highest BCUT2D eigenvalue weighted by Crippen LogP contribution is 2.23. The molecule has 3 N–H and O–H groups in total. The first kappa shape index (κ1) is 27.2. The van der Waals surface area contributed by atoms with Gasteiger partial charge < -0.3 is 29.7 Å². The molecule has 1 aliphatic rings.